The molecule has 0 aliphatic heterocycles. The molecule has 5 rings (SSSR count). The van der Waals surface area contributed by atoms with E-state index < -0.39 is 6.09 Å². The average molecular weight is 468 g/mol. The third kappa shape index (κ3) is 4.12. The van der Waals surface area contributed by atoms with Crippen LogP contribution >= 0.6 is 0 Å². The van der Waals surface area contributed by atoms with Crippen molar-refractivity contribution in [3.8, 4) is 5.69 Å². The maximum absolute atomic E-state index is 13.7. The van der Waals surface area contributed by atoms with Crippen molar-refractivity contribution in [2.24, 2.45) is 0 Å². The van der Waals surface area contributed by atoms with E-state index in [2.05, 4.69) is 29.6 Å². The topological polar surface area (TPSA) is 49.0 Å². The number of aromatic nitrogens is 3. The van der Waals surface area contributed by atoms with Crippen molar-refractivity contribution in [3.05, 3.63) is 102 Å². The van der Waals surface area contributed by atoms with Crippen molar-refractivity contribution in [1.82, 2.24) is 14.3 Å². The molecular formula is C29H26FN3O2. The van der Waals surface area contributed by atoms with Gasteiger partial charge in [0.05, 0.1) is 17.2 Å². The summed E-state index contributed by atoms with van der Waals surface area (Å²) in [6.07, 6.45) is 5.23. The lowest BCUT2D eigenvalue weighted by atomic mass is 10.0. The first-order valence-corrected chi connectivity index (χ1v) is 11.6. The van der Waals surface area contributed by atoms with Crippen LogP contribution in [0.4, 0.5) is 9.18 Å². The van der Waals surface area contributed by atoms with Gasteiger partial charge in [0, 0.05) is 27.7 Å². The van der Waals surface area contributed by atoms with Crippen LogP contribution in [0.15, 0.2) is 79.0 Å². The molecule has 5 nitrogen and oxygen atoms in total. The summed E-state index contributed by atoms with van der Waals surface area (Å²) in [4.78, 5) is 12.9. The molecule has 0 radical (unpaired) electrons. The van der Waals surface area contributed by atoms with Crippen LogP contribution in [0.3, 0.4) is 0 Å². The number of hydrogen-bond donors (Lipinski definition) is 0. The van der Waals surface area contributed by atoms with Gasteiger partial charge in [0.15, 0.2) is 0 Å². The first-order chi connectivity index (χ1) is 17.0. The molecular weight excluding hydrogens is 441 g/mol. The van der Waals surface area contributed by atoms with Crippen LogP contribution in [0.1, 0.15) is 43.5 Å². The van der Waals surface area contributed by atoms with Crippen molar-refractivity contribution in [1.29, 1.82) is 0 Å². The van der Waals surface area contributed by atoms with Gasteiger partial charge in [0.1, 0.15) is 12.4 Å². The summed E-state index contributed by atoms with van der Waals surface area (Å²) in [6.45, 7) is 6.44. The summed E-state index contributed by atoms with van der Waals surface area (Å²) in [6, 6.07) is 20.1. The van der Waals surface area contributed by atoms with E-state index >= 15 is 0 Å². The number of fused-ring (bicyclic) bond motifs is 2. The quantitative estimate of drug-likeness (QED) is 0.269. The Balaban J connectivity index is 1.67. The molecule has 0 aliphatic carbocycles. The normalized spacial score (nSPS) is 11.8. The first kappa shape index (κ1) is 22.6. The lowest BCUT2D eigenvalue weighted by molar-refractivity contribution is 0.139. The zero-order valence-electron chi connectivity index (χ0n) is 19.9. The molecule has 2 heterocycles. The smallest absolute Gasteiger partial charge is 0.435 e. The fourth-order valence-electron chi connectivity index (χ4n) is 4.56. The minimum absolute atomic E-state index is 0.172. The number of rotatable bonds is 5. The molecule has 0 N–H and O–H groups in total. The number of hydrogen-bond acceptors (Lipinski definition) is 3. The standard InChI is InChI=1S/C29H26FN3O2/c1-4-8-24-25-16-26-21(17-31-33(26)29(34)35-18-20-9-6-5-7-10-20)15-27(25)32(28(24)19(2)3)23-13-11-22(30)12-14-23/h4-17,19H,18H2,1-3H3/b8-4+. The SMILES string of the molecule is C/C=C/c1c(C(C)C)n(-c2ccc(F)cc2)c2cc3cnn(C(=O)OCc4ccccc4)c3cc12. The van der Waals surface area contributed by atoms with Crippen LogP contribution in [0.2, 0.25) is 0 Å². The Bertz CT molecular complexity index is 1540. The van der Waals surface area contributed by atoms with Crippen molar-refractivity contribution >= 4 is 34.0 Å². The number of benzene rings is 3. The summed E-state index contributed by atoms with van der Waals surface area (Å²) in [5, 5.41) is 6.13. The van der Waals surface area contributed by atoms with Gasteiger partial charge in [-0.1, -0.05) is 56.3 Å². The van der Waals surface area contributed by atoms with Gasteiger partial charge in [-0.3, -0.25) is 0 Å². The molecule has 0 aliphatic rings. The summed E-state index contributed by atoms with van der Waals surface area (Å²) >= 11 is 0. The highest BCUT2D eigenvalue weighted by molar-refractivity contribution is 6.03. The van der Waals surface area contributed by atoms with E-state index in [1.54, 1.807) is 18.3 Å². The highest BCUT2D eigenvalue weighted by atomic mass is 19.1. The maximum atomic E-state index is 13.7. The van der Waals surface area contributed by atoms with E-state index in [4.69, 9.17) is 4.74 Å². The third-order valence-corrected chi connectivity index (χ3v) is 6.08. The molecule has 35 heavy (non-hydrogen) atoms. The van der Waals surface area contributed by atoms with Crippen LogP contribution in [0, 0.1) is 5.82 Å². The molecule has 5 aromatic rings. The number of halogens is 1. The molecule has 0 saturated carbocycles. The molecule has 2 aromatic heterocycles. The van der Waals surface area contributed by atoms with Gasteiger partial charge in [-0.2, -0.15) is 9.78 Å². The second kappa shape index (κ2) is 9.22. The lowest BCUT2D eigenvalue weighted by Gasteiger charge is -2.14. The Hall–Kier alpha value is -4.19. The molecule has 6 heteroatoms. The number of allylic oxidation sites excluding steroid dienone is 1. The Kier molecular flexibility index (Phi) is 5.95. The van der Waals surface area contributed by atoms with Gasteiger partial charge >= 0.3 is 6.09 Å². The van der Waals surface area contributed by atoms with Crippen molar-refractivity contribution in [2.45, 2.75) is 33.3 Å². The number of ether oxygens (including phenoxy) is 1. The lowest BCUT2D eigenvalue weighted by Crippen LogP contribution is -2.14. The zero-order chi connectivity index (χ0) is 24.5. The highest BCUT2D eigenvalue weighted by Gasteiger charge is 2.22. The second-order valence-corrected chi connectivity index (χ2v) is 8.79. The zero-order valence-corrected chi connectivity index (χ0v) is 19.9. The van der Waals surface area contributed by atoms with Gasteiger partial charge in [0.2, 0.25) is 0 Å². The minimum Gasteiger partial charge on any atom is -0.443 e. The molecule has 0 bridgehead atoms. The van der Waals surface area contributed by atoms with Crippen molar-refractivity contribution in [2.75, 3.05) is 0 Å². The van der Waals surface area contributed by atoms with Crippen LogP contribution in [0.5, 0.6) is 0 Å². The van der Waals surface area contributed by atoms with E-state index in [9.17, 15) is 9.18 Å². The van der Waals surface area contributed by atoms with Crippen molar-refractivity contribution in [3.63, 3.8) is 0 Å². The predicted octanol–water partition coefficient (Wildman–Crippen LogP) is 7.46. The molecule has 0 amide bonds. The minimum atomic E-state index is -0.530. The van der Waals surface area contributed by atoms with E-state index in [1.165, 1.54) is 16.8 Å². The second-order valence-electron chi connectivity index (χ2n) is 8.79. The Labute approximate surface area is 203 Å². The van der Waals surface area contributed by atoms with Gasteiger partial charge < -0.3 is 9.30 Å². The van der Waals surface area contributed by atoms with Crippen LogP contribution < -0.4 is 0 Å². The van der Waals surface area contributed by atoms with Crippen LogP contribution in [0.25, 0.3) is 33.6 Å². The number of carbonyl (C=O) groups excluding carboxylic acids is 1. The molecule has 3 aromatic carbocycles. The summed E-state index contributed by atoms with van der Waals surface area (Å²) in [5.74, 6) is -0.0724. The molecule has 176 valence electrons. The first-order valence-electron chi connectivity index (χ1n) is 11.6. The van der Waals surface area contributed by atoms with Crippen LogP contribution in [-0.2, 0) is 11.3 Å². The van der Waals surface area contributed by atoms with Gasteiger partial charge in [-0.05, 0) is 54.8 Å². The molecule has 0 saturated heterocycles. The Morgan fingerprint density at radius 1 is 1.06 bits per heavy atom. The fraction of sp³-hybridized carbons (Fsp3) is 0.172. The van der Waals surface area contributed by atoms with Gasteiger partial charge in [0.25, 0.3) is 0 Å². The summed E-state index contributed by atoms with van der Waals surface area (Å²) < 4.78 is 22.7. The average Bonchev–Trinajstić information content (AvgIpc) is 3.41. The number of nitrogens with zero attached hydrogens (tertiary/aromatic N) is 3. The van der Waals surface area contributed by atoms with E-state index in [0.29, 0.717) is 5.52 Å². The Morgan fingerprint density at radius 2 is 1.80 bits per heavy atom. The summed E-state index contributed by atoms with van der Waals surface area (Å²) in [5.41, 5.74) is 5.61. The van der Waals surface area contributed by atoms with Crippen molar-refractivity contribution < 1.29 is 13.9 Å². The summed E-state index contributed by atoms with van der Waals surface area (Å²) in [7, 11) is 0. The third-order valence-electron chi connectivity index (χ3n) is 6.08. The van der Waals surface area contributed by atoms with E-state index in [1.807, 2.05) is 55.5 Å². The fourth-order valence-corrected chi connectivity index (χ4v) is 4.56. The molecule has 0 fully saturated rings. The van der Waals surface area contributed by atoms with E-state index in [0.717, 1.165) is 38.8 Å². The predicted molar refractivity (Wildman–Crippen MR) is 137 cm³/mol. The van der Waals surface area contributed by atoms with Gasteiger partial charge in [-0.25, -0.2) is 9.18 Å². The van der Waals surface area contributed by atoms with Gasteiger partial charge in [-0.15, -0.1) is 0 Å². The largest absolute Gasteiger partial charge is 0.443 e. The molecule has 0 spiro atoms. The number of carbonyl (C=O) groups is 1. The molecule has 0 unspecified atom stereocenters. The monoisotopic (exact) mass is 467 g/mol. The van der Waals surface area contributed by atoms with Crippen LogP contribution in [-0.4, -0.2) is 20.4 Å². The van der Waals surface area contributed by atoms with E-state index in [-0.39, 0.29) is 18.3 Å². The maximum Gasteiger partial charge on any atom is 0.435 e. The highest BCUT2D eigenvalue weighted by Crippen LogP contribution is 2.37. The molecule has 0 atom stereocenters. The Morgan fingerprint density at radius 3 is 2.49 bits per heavy atom.